The monoisotopic (exact) mass is 185 g/mol. The summed E-state index contributed by atoms with van der Waals surface area (Å²) in [6, 6.07) is 0. The molecule has 1 amide bonds. The molecule has 13 heavy (non-hydrogen) atoms. The van der Waals surface area contributed by atoms with Crippen molar-refractivity contribution in [1.82, 2.24) is 4.90 Å². The highest BCUT2D eigenvalue weighted by molar-refractivity contribution is 5.77. The first-order valence-electron chi connectivity index (χ1n) is 5.07. The number of carbonyl (C=O) groups is 1. The largest absolute Gasteiger partial charge is 0.387 e. The van der Waals surface area contributed by atoms with Gasteiger partial charge in [0.15, 0.2) is 0 Å². The Morgan fingerprint density at radius 1 is 1.69 bits per heavy atom. The summed E-state index contributed by atoms with van der Waals surface area (Å²) in [7, 11) is 0. The molecule has 0 aromatic rings. The number of amides is 1. The Kier molecular flexibility index (Phi) is 3.72. The average molecular weight is 185 g/mol. The van der Waals surface area contributed by atoms with E-state index in [2.05, 4.69) is 13.8 Å². The molecule has 0 radical (unpaired) electrons. The molecule has 0 spiro atoms. The minimum Gasteiger partial charge on any atom is -0.387 e. The lowest BCUT2D eigenvalue weighted by atomic mass is 9.91. The van der Waals surface area contributed by atoms with Crippen molar-refractivity contribution in [3.63, 3.8) is 0 Å². The van der Waals surface area contributed by atoms with E-state index in [4.69, 9.17) is 5.11 Å². The fraction of sp³-hybridized carbons (Fsp3) is 0.900. The number of hydrogen-bond acceptors (Lipinski definition) is 2. The fourth-order valence-corrected chi connectivity index (χ4v) is 1.91. The fourth-order valence-electron chi connectivity index (χ4n) is 1.91. The van der Waals surface area contributed by atoms with E-state index >= 15 is 0 Å². The van der Waals surface area contributed by atoms with E-state index in [1.54, 1.807) is 4.90 Å². The zero-order valence-corrected chi connectivity index (χ0v) is 8.49. The normalized spacial score (nSPS) is 24.8. The lowest BCUT2D eigenvalue weighted by Crippen LogP contribution is -2.31. The molecule has 0 aromatic heterocycles. The van der Waals surface area contributed by atoms with Crippen LogP contribution in [0, 0.1) is 11.8 Å². The topological polar surface area (TPSA) is 40.5 Å². The smallest absolute Gasteiger partial charge is 0.248 e. The third kappa shape index (κ3) is 2.44. The highest BCUT2D eigenvalue weighted by Crippen LogP contribution is 2.25. The molecule has 3 nitrogen and oxygen atoms in total. The van der Waals surface area contributed by atoms with Crippen LogP contribution >= 0.6 is 0 Å². The number of rotatable bonds is 3. The molecule has 0 aromatic carbocycles. The molecule has 1 aliphatic rings. The number of aliphatic hydroxyl groups excluding tert-OH is 1. The van der Waals surface area contributed by atoms with Gasteiger partial charge in [-0.2, -0.15) is 0 Å². The van der Waals surface area contributed by atoms with E-state index in [1.807, 2.05) is 0 Å². The van der Waals surface area contributed by atoms with E-state index in [0.717, 1.165) is 19.5 Å². The van der Waals surface area contributed by atoms with Crippen LogP contribution in [0.15, 0.2) is 0 Å². The van der Waals surface area contributed by atoms with Gasteiger partial charge in [-0.3, -0.25) is 4.79 Å². The molecule has 3 heteroatoms. The van der Waals surface area contributed by atoms with Crippen molar-refractivity contribution in [3.8, 4) is 0 Å². The van der Waals surface area contributed by atoms with Gasteiger partial charge in [0.25, 0.3) is 0 Å². The predicted octanol–water partition coefficient (Wildman–Crippen LogP) is 0.873. The van der Waals surface area contributed by atoms with Crippen molar-refractivity contribution in [2.75, 3.05) is 19.7 Å². The van der Waals surface area contributed by atoms with Crippen LogP contribution in [0.3, 0.4) is 0 Å². The molecule has 1 saturated heterocycles. The molecule has 2 atom stereocenters. The van der Waals surface area contributed by atoms with Gasteiger partial charge in [0.1, 0.15) is 6.61 Å². The van der Waals surface area contributed by atoms with E-state index < -0.39 is 0 Å². The Balaban J connectivity index is 2.40. The SMILES string of the molecule is CCC(C)C1CCN(C(=O)CO)C1. The summed E-state index contributed by atoms with van der Waals surface area (Å²) in [6.07, 6.45) is 2.27. The molecule has 76 valence electrons. The van der Waals surface area contributed by atoms with Crippen LogP contribution in [0.1, 0.15) is 26.7 Å². The lowest BCUT2D eigenvalue weighted by Gasteiger charge is -2.18. The van der Waals surface area contributed by atoms with Crippen LogP contribution in [-0.4, -0.2) is 35.6 Å². The molecule has 0 bridgehead atoms. The summed E-state index contributed by atoms with van der Waals surface area (Å²) in [4.78, 5) is 12.9. The molecule has 1 rings (SSSR count). The third-order valence-corrected chi connectivity index (χ3v) is 3.16. The van der Waals surface area contributed by atoms with Gasteiger partial charge in [-0.05, 0) is 18.3 Å². The molecular formula is C10H19NO2. The standard InChI is InChI=1S/C10H19NO2/c1-3-8(2)9-4-5-11(6-9)10(13)7-12/h8-9,12H,3-7H2,1-2H3. The molecule has 1 N–H and O–H groups in total. The molecule has 0 saturated carbocycles. The minimum atomic E-state index is -0.340. The van der Waals surface area contributed by atoms with Crippen molar-refractivity contribution in [3.05, 3.63) is 0 Å². The molecule has 0 aliphatic carbocycles. The maximum absolute atomic E-state index is 11.1. The van der Waals surface area contributed by atoms with Crippen LogP contribution in [0.2, 0.25) is 0 Å². The molecule has 1 heterocycles. The molecule has 1 aliphatic heterocycles. The van der Waals surface area contributed by atoms with Gasteiger partial charge in [0.2, 0.25) is 5.91 Å². The van der Waals surface area contributed by atoms with Crippen LogP contribution < -0.4 is 0 Å². The van der Waals surface area contributed by atoms with Crippen molar-refractivity contribution in [2.24, 2.45) is 11.8 Å². The molecule has 1 fully saturated rings. The quantitative estimate of drug-likeness (QED) is 0.709. The summed E-state index contributed by atoms with van der Waals surface area (Å²) < 4.78 is 0. The maximum atomic E-state index is 11.1. The van der Waals surface area contributed by atoms with Crippen molar-refractivity contribution < 1.29 is 9.90 Å². The Morgan fingerprint density at radius 2 is 2.38 bits per heavy atom. The van der Waals surface area contributed by atoms with Crippen molar-refractivity contribution in [2.45, 2.75) is 26.7 Å². The van der Waals surface area contributed by atoms with Crippen LogP contribution in [0.4, 0.5) is 0 Å². The Bertz CT molecular complexity index is 182. The number of aliphatic hydroxyl groups is 1. The summed E-state index contributed by atoms with van der Waals surface area (Å²) >= 11 is 0. The summed E-state index contributed by atoms with van der Waals surface area (Å²) in [6.45, 7) is 5.74. The van der Waals surface area contributed by atoms with Crippen LogP contribution in [0.25, 0.3) is 0 Å². The van der Waals surface area contributed by atoms with E-state index in [1.165, 1.54) is 6.42 Å². The highest BCUT2D eigenvalue weighted by Gasteiger charge is 2.28. The first-order chi connectivity index (χ1) is 6.19. The van der Waals surface area contributed by atoms with Gasteiger partial charge < -0.3 is 10.0 Å². The van der Waals surface area contributed by atoms with Crippen molar-refractivity contribution in [1.29, 1.82) is 0 Å². The zero-order chi connectivity index (χ0) is 9.84. The van der Waals surface area contributed by atoms with Crippen LogP contribution in [-0.2, 0) is 4.79 Å². The second-order valence-electron chi connectivity index (χ2n) is 3.93. The summed E-state index contributed by atoms with van der Waals surface area (Å²) in [5.41, 5.74) is 0. The summed E-state index contributed by atoms with van der Waals surface area (Å²) in [5, 5.41) is 8.69. The van der Waals surface area contributed by atoms with Gasteiger partial charge >= 0.3 is 0 Å². The Labute approximate surface area is 79.7 Å². The molecule has 2 unspecified atom stereocenters. The number of carbonyl (C=O) groups excluding carboxylic acids is 1. The van der Waals surface area contributed by atoms with Crippen molar-refractivity contribution >= 4 is 5.91 Å². The zero-order valence-electron chi connectivity index (χ0n) is 8.49. The number of likely N-dealkylation sites (tertiary alicyclic amines) is 1. The van der Waals surface area contributed by atoms with E-state index in [0.29, 0.717) is 11.8 Å². The lowest BCUT2D eigenvalue weighted by molar-refractivity contribution is -0.133. The van der Waals surface area contributed by atoms with Crippen LogP contribution in [0.5, 0.6) is 0 Å². The first-order valence-corrected chi connectivity index (χ1v) is 5.07. The van der Waals surface area contributed by atoms with Gasteiger partial charge in [0.05, 0.1) is 0 Å². The second-order valence-corrected chi connectivity index (χ2v) is 3.93. The highest BCUT2D eigenvalue weighted by atomic mass is 16.3. The Morgan fingerprint density at radius 3 is 2.92 bits per heavy atom. The van der Waals surface area contributed by atoms with Gasteiger partial charge in [-0.15, -0.1) is 0 Å². The maximum Gasteiger partial charge on any atom is 0.248 e. The first kappa shape index (κ1) is 10.5. The minimum absolute atomic E-state index is 0.120. The third-order valence-electron chi connectivity index (χ3n) is 3.16. The number of nitrogens with zero attached hydrogens (tertiary/aromatic N) is 1. The average Bonchev–Trinajstić information content (AvgIpc) is 2.64. The summed E-state index contributed by atoms with van der Waals surface area (Å²) in [5.74, 6) is 1.21. The van der Waals surface area contributed by atoms with Gasteiger partial charge in [-0.25, -0.2) is 0 Å². The number of hydrogen-bond donors (Lipinski definition) is 1. The van der Waals surface area contributed by atoms with E-state index in [-0.39, 0.29) is 12.5 Å². The van der Waals surface area contributed by atoms with E-state index in [9.17, 15) is 4.79 Å². The Hall–Kier alpha value is -0.570. The molecular weight excluding hydrogens is 166 g/mol. The van der Waals surface area contributed by atoms with Gasteiger partial charge in [-0.1, -0.05) is 20.3 Å². The predicted molar refractivity (Wildman–Crippen MR) is 51.2 cm³/mol. The van der Waals surface area contributed by atoms with Gasteiger partial charge in [0, 0.05) is 13.1 Å². The second kappa shape index (κ2) is 4.61.